The number of carbonyl (C=O) groups is 1. The molecule has 28 heavy (non-hydrogen) atoms. The summed E-state index contributed by atoms with van der Waals surface area (Å²) in [4.78, 5) is 12.4. The van der Waals surface area contributed by atoms with Gasteiger partial charge in [-0.2, -0.15) is 0 Å². The average molecular weight is 395 g/mol. The number of nitrogens with one attached hydrogen (secondary N) is 1. The first-order chi connectivity index (χ1) is 13.5. The van der Waals surface area contributed by atoms with Crippen molar-refractivity contribution in [2.45, 2.75) is 38.4 Å². The second-order valence-corrected chi connectivity index (χ2v) is 7.80. The van der Waals surface area contributed by atoms with E-state index in [1.165, 1.54) is 17.3 Å². The number of aryl methyl sites for hydroxylation is 2. The Kier molecular flexibility index (Phi) is 6.52. The van der Waals surface area contributed by atoms with Gasteiger partial charge < -0.3 is 9.88 Å². The number of hydrogen-bond acceptors (Lipinski definition) is 4. The summed E-state index contributed by atoms with van der Waals surface area (Å²) >= 11 is 1.40. The highest BCUT2D eigenvalue weighted by atomic mass is 32.2. The minimum absolute atomic E-state index is 0.0162. The number of hydrogen-bond donors (Lipinski definition) is 1. The Balaban J connectivity index is 1.59. The molecular formula is C22H26N4OS. The Morgan fingerprint density at radius 3 is 2.54 bits per heavy atom. The van der Waals surface area contributed by atoms with Crippen molar-refractivity contribution in [3.05, 3.63) is 65.2 Å². The van der Waals surface area contributed by atoms with Crippen LogP contribution >= 0.6 is 11.8 Å². The van der Waals surface area contributed by atoms with E-state index in [1.54, 1.807) is 0 Å². The molecule has 3 aromatic rings. The fourth-order valence-corrected chi connectivity index (χ4v) is 3.76. The third-order valence-electron chi connectivity index (χ3n) is 4.82. The molecule has 5 nitrogen and oxygen atoms in total. The molecule has 1 amide bonds. The molecule has 0 saturated heterocycles. The summed E-state index contributed by atoms with van der Waals surface area (Å²) in [6.07, 6.45) is 1.01. The molecule has 146 valence electrons. The standard InChI is InChI=1S/C22H26N4OS/c1-5-17-10-12-18(13-11-17)16(3)23-20(27)14-28-22-25-24-21(26(22)4)19-9-7-6-8-15(19)2/h6-13,16H,5,14H2,1-4H3,(H,23,27). The van der Waals surface area contributed by atoms with Crippen LogP contribution in [0.4, 0.5) is 0 Å². The zero-order valence-electron chi connectivity index (χ0n) is 16.8. The molecule has 1 atom stereocenters. The van der Waals surface area contributed by atoms with Crippen molar-refractivity contribution >= 4 is 17.7 Å². The van der Waals surface area contributed by atoms with Crippen LogP contribution in [0, 0.1) is 6.92 Å². The minimum atomic E-state index is -0.0268. The highest BCUT2D eigenvalue weighted by molar-refractivity contribution is 7.99. The van der Waals surface area contributed by atoms with Gasteiger partial charge in [-0.1, -0.05) is 67.2 Å². The number of benzene rings is 2. The van der Waals surface area contributed by atoms with Crippen LogP contribution in [0.15, 0.2) is 53.7 Å². The first-order valence-electron chi connectivity index (χ1n) is 9.46. The summed E-state index contributed by atoms with van der Waals surface area (Å²) in [5.41, 5.74) is 4.61. The van der Waals surface area contributed by atoms with E-state index in [1.807, 2.05) is 36.7 Å². The summed E-state index contributed by atoms with van der Waals surface area (Å²) in [5.74, 6) is 1.10. The second kappa shape index (κ2) is 9.06. The lowest BCUT2D eigenvalue weighted by atomic mass is 10.1. The summed E-state index contributed by atoms with van der Waals surface area (Å²) in [5, 5.41) is 12.4. The second-order valence-electron chi connectivity index (χ2n) is 6.85. The Bertz CT molecular complexity index is 949. The lowest BCUT2D eigenvalue weighted by molar-refractivity contribution is -0.119. The minimum Gasteiger partial charge on any atom is -0.349 e. The molecular weight excluding hydrogens is 368 g/mol. The molecule has 0 bridgehead atoms. The van der Waals surface area contributed by atoms with E-state index in [-0.39, 0.29) is 11.9 Å². The van der Waals surface area contributed by atoms with Gasteiger partial charge >= 0.3 is 0 Å². The Morgan fingerprint density at radius 2 is 1.86 bits per heavy atom. The van der Waals surface area contributed by atoms with E-state index in [2.05, 4.69) is 59.7 Å². The van der Waals surface area contributed by atoms with E-state index in [0.717, 1.165) is 34.1 Å². The quantitative estimate of drug-likeness (QED) is 0.606. The van der Waals surface area contributed by atoms with Crippen molar-refractivity contribution in [2.24, 2.45) is 7.05 Å². The predicted molar refractivity (Wildman–Crippen MR) is 114 cm³/mol. The smallest absolute Gasteiger partial charge is 0.230 e. The third kappa shape index (κ3) is 4.62. The molecule has 1 N–H and O–H groups in total. The molecule has 1 aromatic heterocycles. The van der Waals surface area contributed by atoms with Crippen LogP contribution < -0.4 is 5.32 Å². The van der Waals surface area contributed by atoms with Crippen LogP contribution in [0.1, 0.15) is 36.6 Å². The first kappa shape index (κ1) is 20.1. The van der Waals surface area contributed by atoms with Gasteiger partial charge in [0.25, 0.3) is 0 Å². The molecule has 0 fully saturated rings. The SMILES string of the molecule is CCc1ccc(C(C)NC(=O)CSc2nnc(-c3ccccc3C)n2C)cc1. The van der Waals surface area contributed by atoms with Crippen LogP contribution in [-0.2, 0) is 18.3 Å². The Hall–Kier alpha value is -2.60. The lowest BCUT2D eigenvalue weighted by Gasteiger charge is -2.14. The van der Waals surface area contributed by atoms with Crippen LogP contribution in [0.25, 0.3) is 11.4 Å². The fourth-order valence-electron chi connectivity index (χ4n) is 3.04. The molecule has 0 radical (unpaired) electrons. The predicted octanol–water partition coefficient (Wildman–Crippen LogP) is 4.32. The molecule has 1 heterocycles. The highest BCUT2D eigenvalue weighted by Crippen LogP contribution is 2.25. The normalized spacial score (nSPS) is 12.0. The summed E-state index contributed by atoms with van der Waals surface area (Å²) in [6.45, 7) is 6.19. The lowest BCUT2D eigenvalue weighted by Crippen LogP contribution is -2.28. The van der Waals surface area contributed by atoms with Gasteiger partial charge in [-0.15, -0.1) is 10.2 Å². The van der Waals surface area contributed by atoms with Gasteiger partial charge in [0.1, 0.15) is 0 Å². The Morgan fingerprint density at radius 1 is 1.14 bits per heavy atom. The van der Waals surface area contributed by atoms with Crippen molar-refractivity contribution in [3.8, 4) is 11.4 Å². The summed E-state index contributed by atoms with van der Waals surface area (Å²) in [6, 6.07) is 16.4. The number of aromatic nitrogens is 3. The van der Waals surface area contributed by atoms with Gasteiger partial charge in [0.05, 0.1) is 11.8 Å². The average Bonchev–Trinajstić information content (AvgIpc) is 3.07. The van der Waals surface area contributed by atoms with Gasteiger partial charge in [-0.05, 0) is 37.0 Å². The maximum Gasteiger partial charge on any atom is 0.230 e. The number of thioether (sulfide) groups is 1. The highest BCUT2D eigenvalue weighted by Gasteiger charge is 2.15. The van der Waals surface area contributed by atoms with Crippen LogP contribution in [0.3, 0.4) is 0 Å². The fraction of sp³-hybridized carbons (Fsp3) is 0.318. The zero-order chi connectivity index (χ0) is 20.1. The van der Waals surface area contributed by atoms with E-state index in [4.69, 9.17) is 0 Å². The molecule has 0 aliphatic heterocycles. The Labute approximate surface area is 170 Å². The van der Waals surface area contributed by atoms with Gasteiger partial charge in [0.2, 0.25) is 5.91 Å². The molecule has 0 aliphatic carbocycles. The summed E-state index contributed by atoms with van der Waals surface area (Å²) in [7, 11) is 1.93. The van der Waals surface area contributed by atoms with Crippen molar-refractivity contribution in [1.29, 1.82) is 0 Å². The molecule has 6 heteroatoms. The maximum absolute atomic E-state index is 12.4. The van der Waals surface area contributed by atoms with Gasteiger partial charge in [-0.3, -0.25) is 4.79 Å². The topological polar surface area (TPSA) is 59.8 Å². The van der Waals surface area contributed by atoms with E-state index in [9.17, 15) is 4.79 Å². The molecule has 0 spiro atoms. The van der Waals surface area contributed by atoms with Gasteiger partial charge in [-0.25, -0.2) is 0 Å². The molecule has 3 rings (SSSR count). The number of rotatable bonds is 7. The number of amides is 1. The van der Waals surface area contributed by atoms with Crippen LogP contribution in [0.5, 0.6) is 0 Å². The van der Waals surface area contributed by atoms with E-state index < -0.39 is 0 Å². The maximum atomic E-state index is 12.4. The molecule has 2 aromatic carbocycles. The van der Waals surface area contributed by atoms with Crippen molar-refractivity contribution in [2.75, 3.05) is 5.75 Å². The number of nitrogens with zero attached hydrogens (tertiary/aromatic N) is 3. The third-order valence-corrected chi connectivity index (χ3v) is 5.84. The summed E-state index contributed by atoms with van der Waals surface area (Å²) < 4.78 is 1.94. The zero-order valence-corrected chi connectivity index (χ0v) is 17.6. The largest absolute Gasteiger partial charge is 0.349 e. The van der Waals surface area contributed by atoms with Crippen molar-refractivity contribution < 1.29 is 4.79 Å². The molecule has 0 saturated carbocycles. The van der Waals surface area contributed by atoms with E-state index in [0.29, 0.717) is 5.75 Å². The van der Waals surface area contributed by atoms with Crippen molar-refractivity contribution in [1.82, 2.24) is 20.1 Å². The molecule has 0 aliphatic rings. The number of carbonyl (C=O) groups excluding carboxylic acids is 1. The van der Waals surface area contributed by atoms with Gasteiger partial charge in [0, 0.05) is 12.6 Å². The van der Waals surface area contributed by atoms with Crippen LogP contribution in [0.2, 0.25) is 0 Å². The monoisotopic (exact) mass is 394 g/mol. The van der Waals surface area contributed by atoms with Gasteiger partial charge in [0.15, 0.2) is 11.0 Å². The van der Waals surface area contributed by atoms with E-state index >= 15 is 0 Å². The van der Waals surface area contributed by atoms with Crippen molar-refractivity contribution in [3.63, 3.8) is 0 Å². The van der Waals surface area contributed by atoms with Crippen LogP contribution in [-0.4, -0.2) is 26.4 Å². The molecule has 1 unspecified atom stereocenters. The first-order valence-corrected chi connectivity index (χ1v) is 10.4.